The van der Waals surface area contributed by atoms with E-state index in [1.165, 1.54) is 29.1 Å². The Hall–Kier alpha value is -2.08. The number of imidazole rings is 1. The van der Waals surface area contributed by atoms with Gasteiger partial charge in [0.2, 0.25) is 0 Å². The van der Waals surface area contributed by atoms with Crippen LogP contribution in [-0.4, -0.2) is 25.1 Å². The van der Waals surface area contributed by atoms with E-state index >= 15 is 0 Å². The molecule has 2 aliphatic rings. The Morgan fingerprint density at radius 2 is 2.03 bits per heavy atom. The SMILES string of the molecule is O=[N+]([O-])c1cc(Cl)c(Oc2ccc3ncn(C4(C(F)(F)F)CC4)c3c2)c(C2C[I-]2)c1. The predicted octanol–water partition coefficient (Wildman–Crippen LogP) is 2.59. The van der Waals surface area contributed by atoms with Crippen LogP contribution in [0.15, 0.2) is 36.7 Å². The number of aromatic nitrogens is 2. The van der Waals surface area contributed by atoms with Gasteiger partial charge in [-0.05, 0) is 0 Å². The number of non-ortho nitro benzene ring substituents is 1. The number of nitro benzene ring substituents is 1. The number of hydrogen-bond donors (Lipinski definition) is 0. The van der Waals surface area contributed by atoms with E-state index in [9.17, 15) is 23.3 Å². The van der Waals surface area contributed by atoms with Crippen LogP contribution in [-0.2, 0) is 5.54 Å². The van der Waals surface area contributed by atoms with Crippen molar-refractivity contribution in [3.8, 4) is 11.5 Å². The summed E-state index contributed by atoms with van der Waals surface area (Å²) in [6, 6.07) is 7.42. The summed E-state index contributed by atoms with van der Waals surface area (Å²) < 4.78 is 49.1. The van der Waals surface area contributed by atoms with E-state index in [2.05, 4.69) is 4.98 Å². The van der Waals surface area contributed by atoms with Crippen LogP contribution in [0.2, 0.25) is 5.02 Å². The Kier molecular flexibility index (Phi) is 4.44. The van der Waals surface area contributed by atoms with Crippen molar-refractivity contribution in [1.82, 2.24) is 9.55 Å². The second-order valence-electron chi connectivity index (χ2n) is 7.28. The third kappa shape index (κ3) is 3.20. The molecule has 1 aromatic heterocycles. The summed E-state index contributed by atoms with van der Waals surface area (Å²) in [5, 5.41) is 11.3. The molecule has 1 atom stereocenters. The zero-order valence-corrected chi connectivity index (χ0v) is 18.0. The van der Waals surface area contributed by atoms with E-state index in [-0.39, 0.29) is 48.7 Å². The normalized spacial score (nSPS) is 19.9. The summed E-state index contributed by atoms with van der Waals surface area (Å²) >= 11 is 6.20. The molecule has 1 saturated carbocycles. The molecule has 1 unspecified atom stereocenters. The number of alkyl halides is 5. The molecule has 3 aromatic rings. The van der Waals surface area contributed by atoms with Crippen molar-refractivity contribution in [2.24, 2.45) is 0 Å². The van der Waals surface area contributed by atoms with Gasteiger partial charge in [0.1, 0.15) is 0 Å². The number of nitro groups is 1. The van der Waals surface area contributed by atoms with E-state index in [1.807, 2.05) is 0 Å². The van der Waals surface area contributed by atoms with Gasteiger partial charge in [-0.15, -0.1) is 0 Å². The first kappa shape index (κ1) is 19.9. The number of hydrogen-bond acceptors (Lipinski definition) is 4. The van der Waals surface area contributed by atoms with E-state index in [4.69, 9.17) is 16.3 Å². The van der Waals surface area contributed by atoms with Crippen LogP contribution in [0.4, 0.5) is 18.9 Å². The molecule has 0 radical (unpaired) electrons. The van der Waals surface area contributed by atoms with Crippen LogP contribution in [0, 0.1) is 10.1 Å². The van der Waals surface area contributed by atoms with E-state index in [1.54, 1.807) is 12.1 Å². The first-order chi connectivity index (χ1) is 14.2. The molecule has 6 nitrogen and oxygen atoms in total. The van der Waals surface area contributed by atoms with Gasteiger partial charge in [0.25, 0.3) is 0 Å². The van der Waals surface area contributed by atoms with Gasteiger partial charge in [0.15, 0.2) is 0 Å². The van der Waals surface area contributed by atoms with Gasteiger partial charge in [0.05, 0.1) is 0 Å². The topological polar surface area (TPSA) is 70.2 Å². The summed E-state index contributed by atoms with van der Waals surface area (Å²) in [6.07, 6.45) is -3.14. The van der Waals surface area contributed by atoms with Gasteiger partial charge in [-0.25, -0.2) is 0 Å². The third-order valence-electron chi connectivity index (χ3n) is 5.37. The Morgan fingerprint density at radius 1 is 1.30 bits per heavy atom. The van der Waals surface area contributed by atoms with Crippen LogP contribution in [0.25, 0.3) is 11.0 Å². The maximum absolute atomic E-state index is 13.6. The molecule has 0 N–H and O–H groups in total. The zero-order valence-electron chi connectivity index (χ0n) is 15.1. The van der Waals surface area contributed by atoms with E-state index in [0.717, 1.165) is 4.43 Å². The second kappa shape index (κ2) is 6.71. The molecule has 30 heavy (non-hydrogen) atoms. The fourth-order valence-corrected chi connectivity index (χ4v) is 5.47. The van der Waals surface area contributed by atoms with Gasteiger partial charge in [-0.1, -0.05) is 0 Å². The first-order valence-corrected chi connectivity index (χ1v) is 12.1. The molecule has 0 spiro atoms. The first-order valence-electron chi connectivity index (χ1n) is 8.97. The van der Waals surface area contributed by atoms with Gasteiger partial charge >= 0.3 is 184 Å². The molecule has 158 valence electrons. The minimum absolute atomic E-state index is 0.0106. The molecule has 1 saturated heterocycles. The summed E-state index contributed by atoms with van der Waals surface area (Å²) in [5.74, 6) is 0.630. The van der Waals surface area contributed by atoms with Crippen molar-refractivity contribution in [2.75, 3.05) is 4.43 Å². The van der Waals surface area contributed by atoms with E-state index in [0.29, 0.717) is 28.1 Å². The maximum atomic E-state index is 13.6. The summed E-state index contributed by atoms with van der Waals surface area (Å²) in [6.45, 7) is 0. The predicted molar refractivity (Wildman–Crippen MR) is 98.8 cm³/mol. The molecule has 11 heteroatoms. The standard InChI is InChI=1S/C19H13ClF3IN3O3/c20-13-6-10(27(28)29)5-12(14-8-24-14)17(13)30-11-1-2-15-16(7-11)26(9-25-15)18(3-4-18)19(21,22)23/h1-2,5-7,9,14H,3-4,8H2/q-1. The van der Waals surface area contributed by atoms with Gasteiger partial charge in [-0.2, -0.15) is 0 Å². The Balaban J connectivity index is 1.56. The van der Waals surface area contributed by atoms with Crippen molar-refractivity contribution in [3.05, 3.63) is 57.4 Å². The summed E-state index contributed by atoms with van der Waals surface area (Å²) in [7, 11) is 0. The van der Waals surface area contributed by atoms with Crippen LogP contribution in [0.3, 0.4) is 0 Å². The molecule has 1 aliphatic carbocycles. The fourth-order valence-electron chi connectivity index (χ4n) is 3.55. The van der Waals surface area contributed by atoms with Crippen LogP contribution < -0.4 is 25.9 Å². The van der Waals surface area contributed by atoms with E-state index < -0.39 is 16.6 Å². The van der Waals surface area contributed by atoms with Crippen LogP contribution in [0.1, 0.15) is 22.3 Å². The van der Waals surface area contributed by atoms with Gasteiger partial charge in [-0.3, -0.25) is 0 Å². The molecule has 5 rings (SSSR count). The number of benzene rings is 2. The van der Waals surface area contributed by atoms with Crippen molar-refractivity contribution in [1.29, 1.82) is 0 Å². The Bertz CT molecular complexity index is 1190. The number of nitrogens with zero attached hydrogens (tertiary/aromatic N) is 3. The van der Waals surface area contributed by atoms with Crippen molar-refractivity contribution >= 4 is 28.3 Å². The number of rotatable bonds is 5. The van der Waals surface area contributed by atoms with Gasteiger partial charge < -0.3 is 0 Å². The monoisotopic (exact) mass is 550 g/mol. The summed E-state index contributed by atoms with van der Waals surface area (Å²) in [5.41, 5.74) is -0.589. The molecule has 0 amide bonds. The fraction of sp³-hybridized carbons (Fsp3) is 0.316. The average Bonchev–Trinajstić information content (AvgIpc) is 3.59. The second-order valence-corrected chi connectivity index (χ2v) is 10.9. The van der Waals surface area contributed by atoms with Gasteiger partial charge in [0, 0.05) is 0 Å². The van der Waals surface area contributed by atoms with Crippen molar-refractivity contribution in [3.63, 3.8) is 0 Å². The number of ether oxygens (including phenoxy) is 1. The Labute approximate surface area is 183 Å². The molecule has 1 aliphatic heterocycles. The third-order valence-corrected chi connectivity index (χ3v) is 8.08. The number of halogens is 5. The molecular weight excluding hydrogens is 538 g/mol. The molecule has 2 fully saturated rings. The van der Waals surface area contributed by atoms with Crippen LogP contribution >= 0.6 is 11.6 Å². The number of fused-ring (bicyclic) bond motifs is 1. The zero-order chi connectivity index (χ0) is 21.3. The van der Waals surface area contributed by atoms with Crippen molar-refractivity contribution in [2.45, 2.75) is 28.5 Å². The molecule has 0 bridgehead atoms. The minimum atomic E-state index is -4.37. The average molecular weight is 551 g/mol. The van der Waals surface area contributed by atoms with Crippen molar-refractivity contribution < 1.29 is 44.0 Å². The van der Waals surface area contributed by atoms with Crippen LogP contribution in [0.5, 0.6) is 11.5 Å². The molecule has 2 aromatic carbocycles. The Morgan fingerprint density at radius 3 is 2.63 bits per heavy atom. The molecular formula is C19H13ClF3IN3O3-. The quantitative estimate of drug-likeness (QED) is 0.212. The molecule has 2 heterocycles. The summed E-state index contributed by atoms with van der Waals surface area (Å²) in [4.78, 5) is 14.8.